The number of rotatable bonds is 3. The van der Waals surface area contributed by atoms with Crippen LogP contribution >= 0.6 is 23.2 Å². The normalized spacial score (nSPS) is 20.7. The number of carbonyl (C=O) groups is 1. The summed E-state index contributed by atoms with van der Waals surface area (Å²) in [7, 11) is 0. The van der Waals surface area contributed by atoms with E-state index in [1.165, 1.54) is 12.1 Å². The molecule has 1 fully saturated rings. The third kappa shape index (κ3) is 4.40. The summed E-state index contributed by atoms with van der Waals surface area (Å²) in [5.74, 6) is -0.772. The van der Waals surface area contributed by atoms with E-state index in [0.29, 0.717) is 22.0 Å². The Hall–Kier alpha value is -1.88. The maximum Gasteiger partial charge on any atom is 0.309 e. The number of hydrogen-bond acceptors (Lipinski definition) is 3. The molecule has 0 unspecified atom stereocenters. The molecule has 1 aliphatic rings. The number of aliphatic hydroxyl groups excluding tert-OH is 1. The number of cyclic esters (lactones) is 1. The van der Waals surface area contributed by atoms with E-state index < -0.39 is 18.2 Å². The zero-order chi connectivity index (χ0) is 18.0. The van der Waals surface area contributed by atoms with Gasteiger partial charge in [-0.1, -0.05) is 41.4 Å². The fraction of sp³-hybridized carbons (Fsp3) is 0.211. The first kappa shape index (κ1) is 17.9. The molecule has 3 rings (SSSR count). The summed E-state index contributed by atoms with van der Waals surface area (Å²) in [5, 5.41) is 10.6. The van der Waals surface area contributed by atoms with Crippen molar-refractivity contribution in [1.29, 1.82) is 0 Å². The van der Waals surface area contributed by atoms with Crippen molar-refractivity contribution in [2.24, 2.45) is 0 Å². The molecule has 2 aromatic carbocycles. The molecule has 0 aliphatic carbocycles. The highest BCUT2D eigenvalue weighted by Crippen LogP contribution is 2.34. The molecule has 1 aliphatic heterocycles. The lowest BCUT2D eigenvalue weighted by Crippen LogP contribution is -2.31. The first-order valence-electron chi connectivity index (χ1n) is 7.73. The Kier molecular flexibility index (Phi) is 5.42. The Morgan fingerprint density at radius 2 is 1.92 bits per heavy atom. The zero-order valence-corrected chi connectivity index (χ0v) is 14.6. The summed E-state index contributed by atoms with van der Waals surface area (Å²) < 4.78 is 18.4. The number of aliphatic hydroxyl groups is 1. The largest absolute Gasteiger partial charge is 0.458 e. The quantitative estimate of drug-likeness (QED) is 0.771. The van der Waals surface area contributed by atoms with Gasteiger partial charge in [-0.25, -0.2) is 4.39 Å². The van der Waals surface area contributed by atoms with Gasteiger partial charge < -0.3 is 9.84 Å². The highest BCUT2D eigenvalue weighted by atomic mass is 35.5. The van der Waals surface area contributed by atoms with Gasteiger partial charge in [0.1, 0.15) is 11.9 Å². The smallest absolute Gasteiger partial charge is 0.309 e. The maximum atomic E-state index is 13.2. The summed E-state index contributed by atoms with van der Waals surface area (Å²) in [6.45, 7) is 0. The van der Waals surface area contributed by atoms with Crippen LogP contribution in [-0.2, 0) is 9.53 Å². The molecule has 25 heavy (non-hydrogen) atoms. The summed E-state index contributed by atoms with van der Waals surface area (Å²) in [6.07, 6.45) is 2.51. The van der Waals surface area contributed by atoms with Crippen LogP contribution in [0.15, 0.2) is 42.5 Å². The van der Waals surface area contributed by atoms with Crippen LogP contribution in [0.25, 0.3) is 17.2 Å². The molecule has 2 atom stereocenters. The minimum Gasteiger partial charge on any atom is -0.458 e. The van der Waals surface area contributed by atoms with Gasteiger partial charge in [-0.05, 0) is 41.5 Å². The molecular formula is C19H15Cl2FO3. The van der Waals surface area contributed by atoms with E-state index in [2.05, 4.69) is 0 Å². The van der Waals surface area contributed by atoms with Crippen LogP contribution in [-0.4, -0.2) is 23.3 Å². The van der Waals surface area contributed by atoms with Gasteiger partial charge in [-0.2, -0.15) is 0 Å². The van der Waals surface area contributed by atoms with Gasteiger partial charge in [0.25, 0.3) is 0 Å². The van der Waals surface area contributed by atoms with Crippen LogP contribution in [0.3, 0.4) is 0 Å². The summed E-state index contributed by atoms with van der Waals surface area (Å²) in [5.41, 5.74) is 2.16. The van der Waals surface area contributed by atoms with Crippen molar-refractivity contribution in [2.75, 3.05) is 0 Å². The summed E-state index contributed by atoms with van der Waals surface area (Å²) in [6, 6.07) is 9.34. The van der Waals surface area contributed by atoms with E-state index in [-0.39, 0.29) is 12.2 Å². The lowest BCUT2D eigenvalue weighted by molar-refractivity contribution is -0.156. The molecule has 0 bridgehead atoms. The number of hydrogen-bond donors (Lipinski definition) is 1. The molecular weight excluding hydrogens is 366 g/mol. The van der Waals surface area contributed by atoms with Gasteiger partial charge >= 0.3 is 5.97 Å². The fourth-order valence-corrected chi connectivity index (χ4v) is 3.31. The monoisotopic (exact) mass is 380 g/mol. The third-order valence-corrected chi connectivity index (χ3v) is 4.45. The zero-order valence-electron chi connectivity index (χ0n) is 13.1. The second-order valence-corrected chi connectivity index (χ2v) is 6.68. The Morgan fingerprint density at radius 1 is 1.20 bits per heavy atom. The Morgan fingerprint density at radius 3 is 2.60 bits per heavy atom. The molecule has 1 N–H and O–H groups in total. The number of esters is 1. The number of benzene rings is 2. The molecule has 3 nitrogen and oxygen atoms in total. The van der Waals surface area contributed by atoms with Gasteiger partial charge in [0.2, 0.25) is 0 Å². The first-order chi connectivity index (χ1) is 11.9. The van der Waals surface area contributed by atoms with E-state index in [9.17, 15) is 14.3 Å². The lowest BCUT2D eigenvalue weighted by atomic mass is 9.98. The van der Waals surface area contributed by atoms with Crippen LogP contribution in [0.4, 0.5) is 4.39 Å². The van der Waals surface area contributed by atoms with Gasteiger partial charge in [0.15, 0.2) is 0 Å². The van der Waals surface area contributed by atoms with Crippen molar-refractivity contribution >= 4 is 35.2 Å². The highest BCUT2D eigenvalue weighted by Gasteiger charge is 2.25. The van der Waals surface area contributed by atoms with Gasteiger partial charge in [-0.15, -0.1) is 0 Å². The Bertz CT molecular complexity index is 818. The first-order valence-corrected chi connectivity index (χ1v) is 8.48. The average Bonchev–Trinajstić information content (AvgIpc) is 2.53. The number of ether oxygens (including phenoxy) is 1. The molecule has 2 aromatic rings. The Balaban J connectivity index is 1.96. The molecule has 0 aromatic heterocycles. The SMILES string of the molecule is O=C1C[C@@H](O)C[C@H](C=Cc2c(Cl)cc(Cl)cc2-c2ccc(F)cc2)O1. The standard InChI is InChI=1S/C19H15Cl2FO3/c20-12-7-17(11-1-3-13(22)4-2-11)16(18(21)8-12)6-5-15-9-14(23)10-19(24)25-15/h1-8,14-15,23H,9-10H2/t14-,15-/m0/s1. The number of halogens is 3. The van der Waals surface area contributed by atoms with Crippen molar-refractivity contribution in [3.8, 4) is 11.1 Å². The summed E-state index contributed by atoms with van der Waals surface area (Å²) >= 11 is 12.4. The molecule has 6 heteroatoms. The van der Waals surface area contributed by atoms with E-state index in [4.69, 9.17) is 27.9 Å². The van der Waals surface area contributed by atoms with Crippen molar-refractivity contribution in [1.82, 2.24) is 0 Å². The van der Waals surface area contributed by atoms with E-state index >= 15 is 0 Å². The molecule has 130 valence electrons. The molecule has 1 heterocycles. The predicted molar refractivity (Wildman–Crippen MR) is 96.0 cm³/mol. The van der Waals surface area contributed by atoms with Crippen molar-refractivity contribution in [3.63, 3.8) is 0 Å². The third-order valence-electron chi connectivity index (χ3n) is 3.92. The van der Waals surface area contributed by atoms with Crippen molar-refractivity contribution in [2.45, 2.75) is 25.0 Å². The van der Waals surface area contributed by atoms with Gasteiger partial charge in [-0.3, -0.25) is 4.79 Å². The maximum absolute atomic E-state index is 13.2. The van der Waals surface area contributed by atoms with E-state index in [0.717, 1.165) is 11.1 Å². The predicted octanol–water partition coefficient (Wildman–Crippen LogP) is 4.88. The van der Waals surface area contributed by atoms with E-state index in [1.54, 1.807) is 36.4 Å². The molecule has 0 radical (unpaired) electrons. The molecule has 1 saturated heterocycles. The van der Waals surface area contributed by atoms with Gasteiger partial charge in [0.05, 0.1) is 12.5 Å². The summed E-state index contributed by atoms with van der Waals surface area (Å²) in [4.78, 5) is 11.4. The van der Waals surface area contributed by atoms with Crippen LogP contribution < -0.4 is 0 Å². The highest BCUT2D eigenvalue weighted by molar-refractivity contribution is 6.36. The topological polar surface area (TPSA) is 46.5 Å². The molecule has 0 saturated carbocycles. The fourth-order valence-electron chi connectivity index (χ4n) is 2.75. The minimum atomic E-state index is -0.715. The van der Waals surface area contributed by atoms with Crippen molar-refractivity contribution in [3.05, 3.63) is 63.9 Å². The average molecular weight is 381 g/mol. The molecule has 0 spiro atoms. The lowest BCUT2D eigenvalue weighted by Gasteiger charge is -2.23. The second kappa shape index (κ2) is 7.56. The minimum absolute atomic E-state index is 0.00682. The Labute approximate surface area is 154 Å². The van der Waals surface area contributed by atoms with Crippen LogP contribution in [0.5, 0.6) is 0 Å². The van der Waals surface area contributed by atoms with Crippen LogP contribution in [0, 0.1) is 5.82 Å². The number of carbonyl (C=O) groups excluding carboxylic acids is 1. The molecule has 0 amide bonds. The van der Waals surface area contributed by atoms with Crippen LogP contribution in [0.2, 0.25) is 10.0 Å². The van der Waals surface area contributed by atoms with Crippen molar-refractivity contribution < 1.29 is 19.0 Å². The van der Waals surface area contributed by atoms with Crippen LogP contribution in [0.1, 0.15) is 18.4 Å². The van der Waals surface area contributed by atoms with Gasteiger partial charge in [0, 0.05) is 22.0 Å². The second-order valence-electron chi connectivity index (χ2n) is 5.84. The van der Waals surface area contributed by atoms with E-state index in [1.807, 2.05) is 0 Å².